The van der Waals surface area contributed by atoms with E-state index in [1.807, 2.05) is 13.8 Å². The maximum atomic E-state index is 11.0. The predicted molar refractivity (Wildman–Crippen MR) is 85.7 cm³/mol. The van der Waals surface area contributed by atoms with Crippen molar-refractivity contribution in [3.8, 4) is 11.1 Å². The van der Waals surface area contributed by atoms with Gasteiger partial charge < -0.3 is 4.74 Å². The van der Waals surface area contributed by atoms with E-state index in [0.717, 1.165) is 0 Å². The third-order valence-electron chi connectivity index (χ3n) is 3.60. The lowest BCUT2D eigenvalue weighted by atomic mass is 10.1. The zero-order valence-electron chi connectivity index (χ0n) is 13.1. The number of hydrogen-bond donors (Lipinski definition) is 0. The minimum absolute atomic E-state index is 0.0824. The molecule has 0 spiro atoms. The minimum atomic E-state index is -0.490. The van der Waals surface area contributed by atoms with Crippen molar-refractivity contribution in [2.45, 2.75) is 20.1 Å². The summed E-state index contributed by atoms with van der Waals surface area (Å²) in [4.78, 5) is 14.0. The molecular formula is C15H14N6O3. The second-order valence-corrected chi connectivity index (χ2v) is 5.07. The molecule has 1 unspecified atom stereocenters. The number of nitro groups is 1. The van der Waals surface area contributed by atoms with Gasteiger partial charge >= 0.3 is 0 Å². The highest BCUT2D eigenvalue weighted by molar-refractivity contribution is 5.90. The van der Waals surface area contributed by atoms with Crippen molar-refractivity contribution in [2.75, 3.05) is 6.61 Å². The fourth-order valence-corrected chi connectivity index (χ4v) is 2.50. The molecule has 0 aliphatic heterocycles. The SMILES string of the molecule is [C-]#[N+]c1cnn2cc([N+](=O)[O-])cc2c1-c1cnn(C(C)OCC)c1. The third kappa shape index (κ3) is 2.59. The maximum absolute atomic E-state index is 11.0. The summed E-state index contributed by atoms with van der Waals surface area (Å²) in [7, 11) is 0. The van der Waals surface area contributed by atoms with Crippen LogP contribution in [0.25, 0.3) is 21.5 Å². The molecule has 0 aliphatic carbocycles. The van der Waals surface area contributed by atoms with Crippen LogP contribution in [0, 0.1) is 16.7 Å². The molecule has 24 heavy (non-hydrogen) atoms. The highest BCUT2D eigenvalue weighted by atomic mass is 16.6. The van der Waals surface area contributed by atoms with Gasteiger partial charge in [0.25, 0.3) is 5.69 Å². The van der Waals surface area contributed by atoms with Crippen LogP contribution in [0.3, 0.4) is 0 Å². The Morgan fingerprint density at radius 2 is 2.21 bits per heavy atom. The van der Waals surface area contributed by atoms with E-state index in [-0.39, 0.29) is 11.9 Å². The van der Waals surface area contributed by atoms with Crippen LogP contribution in [0.1, 0.15) is 20.1 Å². The summed E-state index contributed by atoms with van der Waals surface area (Å²) < 4.78 is 8.52. The van der Waals surface area contributed by atoms with Crippen LogP contribution in [-0.4, -0.2) is 30.9 Å². The number of hydrogen-bond acceptors (Lipinski definition) is 5. The highest BCUT2D eigenvalue weighted by Gasteiger charge is 2.19. The van der Waals surface area contributed by atoms with Crippen LogP contribution in [-0.2, 0) is 4.74 Å². The van der Waals surface area contributed by atoms with E-state index in [1.165, 1.54) is 23.0 Å². The van der Waals surface area contributed by atoms with Gasteiger partial charge in [0.1, 0.15) is 12.4 Å². The molecule has 3 heterocycles. The zero-order chi connectivity index (χ0) is 17.3. The quantitative estimate of drug-likeness (QED) is 0.408. The topological polar surface area (TPSA) is 91.9 Å². The molecule has 3 rings (SSSR count). The van der Waals surface area contributed by atoms with Gasteiger partial charge in [0.05, 0.1) is 29.4 Å². The van der Waals surface area contributed by atoms with Crippen molar-refractivity contribution < 1.29 is 9.66 Å². The molecule has 0 saturated carbocycles. The first kappa shape index (κ1) is 15.6. The van der Waals surface area contributed by atoms with Gasteiger partial charge in [-0.15, -0.1) is 0 Å². The van der Waals surface area contributed by atoms with Gasteiger partial charge in [-0.2, -0.15) is 10.2 Å². The van der Waals surface area contributed by atoms with Crippen LogP contribution in [0.2, 0.25) is 0 Å². The Morgan fingerprint density at radius 1 is 1.42 bits per heavy atom. The van der Waals surface area contributed by atoms with Crippen LogP contribution in [0.4, 0.5) is 11.4 Å². The summed E-state index contributed by atoms with van der Waals surface area (Å²) in [6, 6.07) is 1.40. The molecule has 0 aliphatic rings. The van der Waals surface area contributed by atoms with Crippen LogP contribution >= 0.6 is 0 Å². The second kappa shape index (κ2) is 6.10. The fourth-order valence-electron chi connectivity index (χ4n) is 2.50. The van der Waals surface area contributed by atoms with E-state index in [0.29, 0.717) is 28.9 Å². The van der Waals surface area contributed by atoms with Crippen molar-refractivity contribution in [3.63, 3.8) is 0 Å². The summed E-state index contributed by atoms with van der Waals surface area (Å²) >= 11 is 0. The maximum Gasteiger partial charge on any atom is 0.289 e. The summed E-state index contributed by atoms with van der Waals surface area (Å²) in [5, 5.41) is 19.3. The predicted octanol–water partition coefficient (Wildman–Crippen LogP) is 3.21. The molecule has 0 saturated heterocycles. The van der Waals surface area contributed by atoms with Gasteiger partial charge in [-0.05, 0) is 13.8 Å². The number of nitrogens with zero attached hydrogens (tertiary/aromatic N) is 6. The summed E-state index contributed by atoms with van der Waals surface area (Å²) in [6.45, 7) is 11.7. The van der Waals surface area contributed by atoms with Crippen LogP contribution in [0.15, 0.2) is 30.9 Å². The van der Waals surface area contributed by atoms with E-state index >= 15 is 0 Å². The van der Waals surface area contributed by atoms with Gasteiger partial charge in [0.2, 0.25) is 5.69 Å². The van der Waals surface area contributed by atoms with Crippen molar-refractivity contribution in [3.05, 3.63) is 52.4 Å². The van der Waals surface area contributed by atoms with Gasteiger partial charge in [-0.25, -0.2) is 14.0 Å². The second-order valence-electron chi connectivity index (χ2n) is 5.07. The molecule has 0 fully saturated rings. The lowest BCUT2D eigenvalue weighted by Crippen LogP contribution is -2.09. The molecule has 9 nitrogen and oxygen atoms in total. The molecular weight excluding hydrogens is 312 g/mol. The standard InChI is InChI=1S/C15H14N6O3/c1-4-24-10(2)19-8-11(6-17-19)15-13(16-3)7-18-20-9-12(21(22)23)5-14(15)20/h5-10H,4H2,1-2H3. The molecule has 1 atom stereocenters. The molecule has 0 bridgehead atoms. The summed E-state index contributed by atoms with van der Waals surface area (Å²) in [6.07, 6.45) is 5.82. The Balaban J connectivity index is 2.17. The Labute approximate surface area is 137 Å². The summed E-state index contributed by atoms with van der Waals surface area (Å²) in [5.41, 5.74) is 1.94. The molecule has 122 valence electrons. The molecule has 0 N–H and O–H groups in total. The Kier molecular flexibility index (Phi) is 3.97. The fraction of sp³-hybridized carbons (Fsp3) is 0.267. The van der Waals surface area contributed by atoms with Crippen molar-refractivity contribution in [1.82, 2.24) is 19.4 Å². The number of fused-ring (bicyclic) bond motifs is 1. The van der Waals surface area contributed by atoms with Crippen molar-refractivity contribution in [2.24, 2.45) is 0 Å². The molecule has 0 radical (unpaired) electrons. The normalized spacial score (nSPS) is 12.2. The first-order valence-corrected chi connectivity index (χ1v) is 7.24. The molecule has 0 amide bonds. The Hall–Kier alpha value is -3.25. The van der Waals surface area contributed by atoms with E-state index in [4.69, 9.17) is 11.3 Å². The average molecular weight is 326 g/mol. The first-order valence-electron chi connectivity index (χ1n) is 7.24. The highest BCUT2D eigenvalue weighted by Crippen LogP contribution is 2.35. The lowest BCUT2D eigenvalue weighted by Gasteiger charge is -2.11. The van der Waals surface area contributed by atoms with Crippen LogP contribution < -0.4 is 0 Å². The molecule has 3 aromatic heterocycles. The summed E-state index contributed by atoms with van der Waals surface area (Å²) in [5.74, 6) is 0. The van der Waals surface area contributed by atoms with Gasteiger partial charge in [-0.3, -0.25) is 10.1 Å². The minimum Gasteiger partial charge on any atom is -0.357 e. The molecule has 0 aromatic carbocycles. The smallest absolute Gasteiger partial charge is 0.289 e. The van der Waals surface area contributed by atoms with Crippen molar-refractivity contribution >= 4 is 16.9 Å². The number of rotatable bonds is 5. The van der Waals surface area contributed by atoms with Gasteiger partial charge in [-0.1, -0.05) is 0 Å². The zero-order valence-corrected chi connectivity index (χ0v) is 13.1. The monoisotopic (exact) mass is 326 g/mol. The largest absolute Gasteiger partial charge is 0.357 e. The average Bonchev–Trinajstić information content (AvgIpc) is 3.21. The van der Waals surface area contributed by atoms with Gasteiger partial charge in [0.15, 0.2) is 0 Å². The Bertz CT molecular complexity index is 952. The van der Waals surface area contributed by atoms with Gasteiger partial charge in [0, 0.05) is 30.0 Å². The number of ether oxygens (including phenoxy) is 1. The lowest BCUT2D eigenvalue weighted by molar-refractivity contribution is -0.384. The molecule has 3 aromatic rings. The third-order valence-corrected chi connectivity index (χ3v) is 3.60. The van der Waals surface area contributed by atoms with E-state index in [9.17, 15) is 10.1 Å². The van der Waals surface area contributed by atoms with E-state index in [2.05, 4.69) is 15.0 Å². The van der Waals surface area contributed by atoms with Crippen LogP contribution in [0.5, 0.6) is 0 Å². The Morgan fingerprint density at radius 3 is 2.88 bits per heavy atom. The number of aromatic nitrogens is 4. The van der Waals surface area contributed by atoms with Crippen molar-refractivity contribution in [1.29, 1.82) is 0 Å². The first-order chi connectivity index (χ1) is 11.5. The van der Waals surface area contributed by atoms with E-state index in [1.54, 1.807) is 17.1 Å². The van der Waals surface area contributed by atoms with E-state index < -0.39 is 4.92 Å². The molecule has 9 heteroatoms.